The molecule has 1 saturated carbocycles. The first-order valence-corrected chi connectivity index (χ1v) is 5.58. The van der Waals surface area contributed by atoms with Gasteiger partial charge in [-0.3, -0.25) is 0 Å². The first kappa shape index (κ1) is 9.51. The highest BCUT2D eigenvalue weighted by Gasteiger charge is 2.53. The van der Waals surface area contributed by atoms with Gasteiger partial charge < -0.3 is 5.32 Å². The van der Waals surface area contributed by atoms with Gasteiger partial charge in [0.2, 0.25) is 0 Å². The molecule has 0 amide bonds. The maximum Gasteiger partial charge on any atom is 0.00106 e. The van der Waals surface area contributed by atoms with Crippen molar-refractivity contribution in [2.24, 2.45) is 16.2 Å². The Balaban J connectivity index is 2.14. The van der Waals surface area contributed by atoms with Crippen molar-refractivity contribution in [3.63, 3.8) is 0 Å². The smallest absolute Gasteiger partial charge is 0.00106 e. The van der Waals surface area contributed by atoms with Gasteiger partial charge in [0.1, 0.15) is 0 Å². The average molecular weight is 181 g/mol. The highest BCUT2D eigenvalue weighted by Crippen LogP contribution is 2.58. The fourth-order valence-corrected chi connectivity index (χ4v) is 2.62. The van der Waals surface area contributed by atoms with E-state index in [4.69, 9.17) is 0 Å². The Morgan fingerprint density at radius 3 is 2.15 bits per heavy atom. The van der Waals surface area contributed by atoms with Crippen molar-refractivity contribution < 1.29 is 0 Å². The van der Waals surface area contributed by atoms with E-state index < -0.39 is 0 Å². The average Bonchev–Trinajstić information content (AvgIpc) is 2.66. The standard InChI is InChI=1S/C12H23N/c1-10(2,3)11(4)7-12(5-6-12)9-13-8-11/h13H,5-9H2,1-4H3. The van der Waals surface area contributed by atoms with Crippen LogP contribution in [-0.2, 0) is 0 Å². The second kappa shape index (κ2) is 2.50. The van der Waals surface area contributed by atoms with Gasteiger partial charge in [-0.1, -0.05) is 27.7 Å². The predicted molar refractivity (Wildman–Crippen MR) is 56.7 cm³/mol. The zero-order valence-corrected chi connectivity index (χ0v) is 9.54. The van der Waals surface area contributed by atoms with Gasteiger partial charge in [0, 0.05) is 13.1 Å². The molecule has 1 heteroatoms. The Hall–Kier alpha value is -0.0400. The highest BCUT2D eigenvalue weighted by atomic mass is 14.9. The van der Waals surface area contributed by atoms with E-state index in [1.165, 1.54) is 32.4 Å². The first-order valence-electron chi connectivity index (χ1n) is 5.58. The Bertz CT molecular complexity index is 210. The summed E-state index contributed by atoms with van der Waals surface area (Å²) in [6.07, 6.45) is 4.37. The molecule has 0 aromatic carbocycles. The summed E-state index contributed by atoms with van der Waals surface area (Å²) in [4.78, 5) is 0. The lowest BCUT2D eigenvalue weighted by Gasteiger charge is -2.48. The maximum absolute atomic E-state index is 3.63. The molecular weight excluding hydrogens is 158 g/mol. The van der Waals surface area contributed by atoms with Crippen LogP contribution < -0.4 is 5.32 Å². The van der Waals surface area contributed by atoms with E-state index in [9.17, 15) is 0 Å². The third kappa shape index (κ3) is 1.52. The molecule has 1 atom stereocenters. The highest BCUT2D eigenvalue weighted by molar-refractivity contribution is 5.05. The molecule has 0 bridgehead atoms. The van der Waals surface area contributed by atoms with E-state index in [1.54, 1.807) is 0 Å². The van der Waals surface area contributed by atoms with Crippen LogP contribution >= 0.6 is 0 Å². The summed E-state index contributed by atoms with van der Waals surface area (Å²) in [6, 6.07) is 0. The lowest BCUT2D eigenvalue weighted by molar-refractivity contribution is 0.0401. The minimum Gasteiger partial charge on any atom is -0.316 e. The fourth-order valence-electron chi connectivity index (χ4n) is 2.62. The van der Waals surface area contributed by atoms with Crippen LogP contribution in [0.15, 0.2) is 0 Å². The van der Waals surface area contributed by atoms with Crippen molar-refractivity contribution in [1.29, 1.82) is 0 Å². The van der Waals surface area contributed by atoms with Crippen LogP contribution in [0.3, 0.4) is 0 Å². The second-order valence-electron chi connectivity index (χ2n) is 6.59. The summed E-state index contributed by atoms with van der Waals surface area (Å²) in [7, 11) is 0. The SMILES string of the molecule is CC(C)(C)C1(C)CNCC2(CC2)C1. The molecule has 1 aliphatic carbocycles. The van der Waals surface area contributed by atoms with E-state index >= 15 is 0 Å². The van der Waals surface area contributed by atoms with Crippen LogP contribution in [0.2, 0.25) is 0 Å². The molecule has 2 rings (SSSR count). The third-order valence-corrected chi connectivity index (χ3v) is 4.55. The molecule has 2 aliphatic rings. The van der Waals surface area contributed by atoms with Gasteiger partial charge in [0.15, 0.2) is 0 Å². The van der Waals surface area contributed by atoms with Gasteiger partial charge in [-0.15, -0.1) is 0 Å². The molecule has 76 valence electrons. The monoisotopic (exact) mass is 181 g/mol. The summed E-state index contributed by atoms with van der Waals surface area (Å²) in [5.74, 6) is 0. The summed E-state index contributed by atoms with van der Waals surface area (Å²) in [6.45, 7) is 12.1. The molecule has 1 aliphatic heterocycles. The van der Waals surface area contributed by atoms with Crippen LogP contribution in [0, 0.1) is 16.2 Å². The van der Waals surface area contributed by atoms with Crippen molar-refractivity contribution in [1.82, 2.24) is 5.32 Å². The van der Waals surface area contributed by atoms with E-state index in [1.807, 2.05) is 0 Å². The molecule has 1 unspecified atom stereocenters. The van der Waals surface area contributed by atoms with Gasteiger partial charge in [-0.2, -0.15) is 0 Å². The van der Waals surface area contributed by atoms with Crippen molar-refractivity contribution in [2.45, 2.75) is 47.0 Å². The summed E-state index contributed by atoms with van der Waals surface area (Å²) in [5.41, 5.74) is 1.65. The molecule has 13 heavy (non-hydrogen) atoms. The predicted octanol–water partition coefficient (Wildman–Crippen LogP) is 2.81. The molecule has 0 aromatic heterocycles. The van der Waals surface area contributed by atoms with Crippen molar-refractivity contribution in [3.8, 4) is 0 Å². The van der Waals surface area contributed by atoms with E-state index in [-0.39, 0.29) is 0 Å². The van der Waals surface area contributed by atoms with Gasteiger partial charge >= 0.3 is 0 Å². The number of rotatable bonds is 0. The van der Waals surface area contributed by atoms with Crippen LogP contribution in [0.25, 0.3) is 0 Å². The molecular formula is C12H23N. The minimum absolute atomic E-state index is 0.440. The molecule has 0 aromatic rings. The minimum atomic E-state index is 0.440. The Morgan fingerprint density at radius 1 is 1.08 bits per heavy atom. The zero-order chi connectivity index (χ0) is 9.74. The van der Waals surface area contributed by atoms with E-state index in [2.05, 4.69) is 33.0 Å². The molecule has 1 nitrogen and oxygen atoms in total. The summed E-state index contributed by atoms with van der Waals surface area (Å²) < 4.78 is 0. The number of hydrogen-bond acceptors (Lipinski definition) is 1. The van der Waals surface area contributed by atoms with Crippen molar-refractivity contribution in [3.05, 3.63) is 0 Å². The Morgan fingerprint density at radius 2 is 1.69 bits per heavy atom. The zero-order valence-electron chi connectivity index (χ0n) is 9.54. The third-order valence-electron chi connectivity index (χ3n) is 4.55. The molecule has 0 radical (unpaired) electrons. The van der Waals surface area contributed by atoms with Crippen LogP contribution in [-0.4, -0.2) is 13.1 Å². The van der Waals surface area contributed by atoms with Gasteiger partial charge in [-0.05, 0) is 35.5 Å². The summed E-state index contributed by atoms with van der Waals surface area (Å²) >= 11 is 0. The second-order valence-corrected chi connectivity index (χ2v) is 6.59. The van der Waals surface area contributed by atoms with Crippen LogP contribution in [0.1, 0.15) is 47.0 Å². The molecule has 1 saturated heterocycles. The van der Waals surface area contributed by atoms with E-state index in [0.29, 0.717) is 16.2 Å². The lowest BCUT2D eigenvalue weighted by Crippen LogP contribution is -2.50. The van der Waals surface area contributed by atoms with Gasteiger partial charge in [0.25, 0.3) is 0 Å². The van der Waals surface area contributed by atoms with Crippen molar-refractivity contribution in [2.75, 3.05) is 13.1 Å². The van der Waals surface area contributed by atoms with Crippen LogP contribution in [0.5, 0.6) is 0 Å². The van der Waals surface area contributed by atoms with Gasteiger partial charge in [0.05, 0.1) is 0 Å². The number of nitrogens with one attached hydrogen (secondary N) is 1. The van der Waals surface area contributed by atoms with Gasteiger partial charge in [-0.25, -0.2) is 0 Å². The van der Waals surface area contributed by atoms with Crippen molar-refractivity contribution >= 4 is 0 Å². The molecule has 1 N–H and O–H groups in total. The Labute approximate surface area is 82.3 Å². The largest absolute Gasteiger partial charge is 0.316 e. The summed E-state index contributed by atoms with van der Waals surface area (Å²) in [5, 5.41) is 3.63. The molecule has 1 heterocycles. The lowest BCUT2D eigenvalue weighted by atomic mass is 9.61. The Kier molecular flexibility index (Phi) is 1.83. The normalized spacial score (nSPS) is 37.8. The molecule has 1 spiro atoms. The topological polar surface area (TPSA) is 12.0 Å². The quantitative estimate of drug-likeness (QED) is 0.606. The number of hydrogen-bond donors (Lipinski definition) is 1. The van der Waals surface area contributed by atoms with Crippen LogP contribution in [0.4, 0.5) is 0 Å². The first-order chi connectivity index (χ1) is 5.87. The maximum atomic E-state index is 3.63. The van der Waals surface area contributed by atoms with E-state index in [0.717, 1.165) is 0 Å². The number of piperidine rings is 1. The molecule has 2 fully saturated rings. The fraction of sp³-hybridized carbons (Fsp3) is 1.00.